The topological polar surface area (TPSA) is 129 Å². The Kier molecular flexibility index (Phi) is 11.7. The standard InChI is InChI=1S/C33H45N5O6/c1-24(12-10-13-25(2)30-26(3)14-11-20-33(4,41)19-9-8-17-29(39)44-30)23-42-32(40)37-21-18-28(22-37)43-31-34-35-36-38(31)27-15-6-5-7-16-27/h5-7,10-16,24,26,28,30,41H,8-9,17-23H2,1-4H3/b12-10+,14-11+,25-13+/t24-,26+,28-,30-,33-/m1/s1. The van der Waals surface area contributed by atoms with Crippen LogP contribution in [0.5, 0.6) is 6.01 Å². The Hall–Kier alpha value is -3.99. The summed E-state index contributed by atoms with van der Waals surface area (Å²) in [5, 5.41) is 22.3. The Morgan fingerprint density at radius 3 is 2.86 bits per heavy atom. The van der Waals surface area contributed by atoms with E-state index < -0.39 is 11.7 Å². The molecule has 238 valence electrons. The van der Waals surface area contributed by atoms with Crippen LogP contribution in [-0.4, -0.2) is 79.8 Å². The molecule has 2 aromatic rings. The van der Waals surface area contributed by atoms with Gasteiger partial charge < -0.3 is 24.2 Å². The van der Waals surface area contributed by atoms with Gasteiger partial charge in [0, 0.05) is 31.2 Å². The Morgan fingerprint density at radius 2 is 2.07 bits per heavy atom. The van der Waals surface area contributed by atoms with Gasteiger partial charge >= 0.3 is 18.1 Å². The molecule has 1 aromatic carbocycles. The third-order valence-corrected chi connectivity index (χ3v) is 7.91. The minimum atomic E-state index is -0.769. The number of cyclic esters (lactones) is 1. The number of hydrogen-bond donors (Lipinski definition) is 1. The van der Waals surface area contributed by atoms with Gasteiger partial charge in [-0.2, -0.15) is 4.68 Å². The van der Waals surface area contributed by atoms with Gasteiger partial charge in [-0.05, 0) is 61.2 Å². The summed E-state index contributed by atoms with van der Waals surface area (Å²) in [6, 6.07) is 9.76. The number of carbonyl (C=O) groups excluding carboxylic acids is 2. The molecule has 3 heterocycles. The van der Waals surface area contributed by atoms with Gasteiger partial charge in [0.25, 0.3) is 0 Å². The number of para-hydroxylation sites is 1. The van der Waals surface area contributed by atoms with Crippen molar-refractivity contribution in [3.05, 3.63) is 66.3 Å². The number of tetrazole rings is 1. The molecule has 1 fully saturated rings. The fourth-order valence-corrected chi connectivity index (χ4v) is 5.29. The number of rotatable bonds is 8. The number of ether oxygens (including phenoxy) is 3. The molecule has 11 nitrogen and oxygen atoms in total. The van der Waals surface area contributed by atoms with Crippen molar-refractivity contribution in [2.45, 2.75) is 84.0 Å². The molecule has 0 bridgehead atoms. The van der Waals surface area contributed by atoms with Crippen molar-refractivity contribution in [2.24, 2.45) is 11.8 Å². The van der Waals surface area contributed by atoms with E-state index in [0.717, 1.165) is 17.7 Å². The normalized spacial score (nSPS) is 26.8. The number of nitrogens with zero attached hydrogens (tertiary/aromatic N) is 5. The van der Waals surface area contributed by atoms with Gasteiger partial charge in [0.15, 0.2) is 0 Å². The Balaban J connectivity index is 1.25. The summed E-state index contributed by atoms with van der Waals surface area (Å²) < 4.78 is 19.0. The molecule has 1 amide bonds. The molecule has 4 rings (SSSR count). The van der Waals surface area contributed by atoms with Crippen molar-refractivity contribution >= 4 is 12.1 Å². The van der Waals surface area contributed by atoms with Crippen LogP contribution in [-0.2, 0) is 14.3 Å². The first-order chi connectivity index (χ1) is 21.1. The monoisotopic (exact) mass is 607 g/mol. The largest absolute Gasteiger partial charge is 0.457 e. The van der Waals surface area contributed by atoms with Crippen molar-refractivity contribution in [3.63, 3.8) is 0 Å². The zero-order valence-electron chi connectivity index (χ0n) is 26.2. The lowest BCUT2D eigenvalue weighted by Crippen LogP contribution is -2.32. The predicted octanol–water partition coefficient (Wildman–Crippen LogP) is 5.21. The molecule has 11 heteroatoms. The zero-order chi connectivity index (χ0) is 31.5. The third-order valence-electron chi connectivity index (χ3n) is 7.91. The second kappa shape index (κ2) is 15.7. The van der Waals surface area contributed by atoms with E-state index in [1.54, 1.807) is 4.90 Å². The van der Waals surface area contributed by atoms with Crippen molar-refractivity contribution in [3.8, 4) is 11.7 Å². The third kappa shape index (κ3) is 9.77. The summed E-state index contributed by atoms with van der Waals surface area (Å²) in [6.07, 6.45) is 12.5. The number of likely N-dealkylation sites (tertiary alicyclic amines) is 1. The van der Waals surface area contributed by atoms with Crippen molar-refractivity contribution in [1.29, 1.82) is 0 Å². The Morgan fingerprint density at radius 1 is 1.27 bits per heavy atom. The van der Waals surface area contributed by atoms with E-state index in [-0.39, 0.29) is 42.6 Å². The van der Waals surface area contributed by atoms with Crippen LogP contribution in [0.25, 0.3) is 5.69 Å². The molecule has 2 aliphatic rings. The summed E-state index contributed by atoms with van der Waals surface area (Å²) in [6.45, 7) is 8.91. The van der Waals surface area contributed by atoms with Gasteiger partial charge in [-0.3, -0.25) is 4.79 Å². The van der Waals surface area contributed by atoms with Crippen molar-refractivity contribution in [1.82, 2.24) is 25.1 Å². The fourth-order valence-electron chi connectivity index (χ4n) is 5.29. The van der Waals surface area contributed by atoms with Crippen LogP contribution in [0.2, 0.25) is 0 Å². The quantitative estimate of drug-likeness (QED) is 0.244. The van der Waals surface area contributed by atoms with E-state index in [1.807, 2.05) is 88.4 Å². The summed E-state index contributed by atoms with van der Waals surface area (Å²) in [5.41, 5.74) is 0.938. The van der Waals surface area contributed by atoms with Crippen LogP contribution in [0.15, 0.2) is 66.3 Å². The van der Waals surface area contributed by atoms with E-state index >= 15 is 0 Å². The van der Waals surface area contributed by atoms with E-state index in [4.69, 9.17) is 14.2 Å². The molecule has 1 N–H and O–H groups in total. The highest BCUT2D eigenvalue weighted by Gasteiger charge is 2.30. The molecule has 0 aliphatic carbocycles. The molecule has 0 spiro atoms. The molecule has 44 heavy (non-hydrogen) atoms. The molecule has 1 saturated heterocycles. The number of aliphatic hydroxyl groups is 1. The van der Waals surface area contributed by atoms with Gasteiger partial charge in [0.1, 0.15) is 12.2 Å². The van der Waals surface area contributed by atoms with Gasteiger partial charge in [0.2, 0.25) is 0 Å². The molecule has 1 aromatic heterocycles. The maximum atomic E-state index is 12.7. The van der Waals surface area contributed by atoms with Gasteiger partial charge in [-0.1, -0.05) is 73.9 Å². The summed E-state index contributed by atoms with van der Waals surface area (Å²) in [4.78, 5) is 26.9. The van der Waals surface area contributed by atoms with Crippen LogP contribution in [0.3, 0.4) is 0 Å². The average Bonchev–Trinajstić information content (AvgIpc) is 3.67. The van der Waals surface area contributed by atoms with Gasteiger partial charge in [-0.15, -0.1) is 0 Å². The van der Waals surface area contributed by atoms with Crippen LogP contribution in [0.4, 0.5) is 4.79 Å². The minimum absolute atomic E-state index is 0.0217. The molecule has 2 aliphatic heterocycles. The fraction of sp³-hybridized carbons (Fsp3) is 0.545. The highest BCUT2D eigenvalue weighted by molar-refractivity contribution is 5.70. The lowest BCUT2D eigenvalue weighted by Gasteiger charge is -2.26. The SMILES string of the molecule is C/C(=C\C=C\[C@@H](C)COC(=O)N1CC[C@@H](Oc2nnnn2-c2ccccc2)C1)[C@H]1OC(=O)CCCC[C@@](C)(O)C/C=C/[C@@H]1C. The van der Waals surface area contributed by atoms with Crippen LogP contribution < -0.4 is 4.74 Å². The predicted molar refractivity (Wildman–Crippen MR) is 165 cm³/mol. The minimum Gasteiger partial charge on any atom is -0.457 e. The first kappa shape index (κ1) is 32.9. The maximum absolute atomic E-state index is 12.7. The molecule has 0 radical (unpaired) electrons. The summed E-state index contributed by atoms with van der Waals surface area (Å²) in [7, 11) is 0. The summed E-state index contributed by atoms with van der Waals surface area (Å²) in [5.74, 6) is -0.292. The van der Waals surface area contributed by atoms with Gasteiger partial charge in [-0.25, -0.2) is 4.79 Å². The first-order valence-corrected chi connectivity index (χ1v) is 15.5. The summed E-state index contributed by atoms with van der Waals surface area (Å²) >= 11 is 0. The highest BCUT2D eigenvalue weighted by Crippen LogP contribution is 2.25. The van der Waals surface area contributed by atoms with Crippen molar-refractivity contribution < 1.29 is 28.9 Å². The van der Waals surface area contributed by atoms with E-state index in [0.29, 0.717) is 45.2 Å². The van der Waals surface area contributed by atoms with Gasteiger partial charge in [0.05, 0.1) is 24.4 Å². The number of benzene rings is 1. The van der Waals surface area contributed by atoms with Crippen LogP contribution in [0.1, 0.15) is 66.2 Å². The highest BCUT2D eigenvalue weighted by atomic mass is 16.6. The molecular formula is C33H45N5O6. The van der Waals surface area contributed by atoms with Crippen LogP contribution in [0, 0.1) is 11.8 Å². The average molecular weight is 608 g/mol. The lowest BCUT2D eigenvalue weighted by atomic mass is 9.91. The van der Waals surface area contributed by atoms with Crippen LogP contribution >= 0.6 is 0 Å². The first-order valence-electron chi connectivity index (χ1n) is 15.5. The zero-order valence-corrected chi connectivity index (χ0v) is 26.2. The Bertz CT molecular complexity index is 1320. The number of hydrogen-bond acceptors (Lipinski definition) is 9. The number of amides is 1. The molecule has 5 atom stereocenters. The second-order valence-corrected chi connectivity index (χ2v) is 12.1. The number of carbonyl (C=O) groups is 2. The number of esters is 1. The van der Waals surface area contributed by atoms with E-state index in [9.17, 15) is 14.7 Å². The second-order valence-electron chi connectivity index (χ2n) is 12.1. The maximum Gasteiger partial charge on any atom is 0.409 e. The van der Waals surface area contributed by atoms with E-state index in [1.165, 1.54) is 4.68 Å². The smallest absolute Gasteiger partial charge is 0.409 e. The molecule has 0 saturated carbocycles. The molecular weight excluding hydrogens is 562 g/mol. The number of allylic oxidation sites excluding steroid dienone is 2. The lowest BCUT2D eigenvalue weighted by molar-refractivity contribution is -0.149. The number of aromatic nitrogens is 4. The van der Waals surface area contributed by atoms with Crippen molar-refractivity contribution in [2.75, 3.05) is 19.7 Å². The Labute approximate surface area is 259 Å². The molecule has 0 unspecified atom stereocenters. The van der Waals surface area contributed by atoms with E-state index in [2.05, 4.69) is 15.5 Å².